The van der Waals surface area contributed by atoms with Crippen molar-refractivity contribution in [1.29, 1.82) is 0 Å². The number of hydrogen-bond donors (Lipinski definition) is 1. The molecular weight excluding hydrogens is 528 g/mol. The molecular formula is C29H31ClN8O2. The molecule has 10 nitrogen and oxygen atoms in total. The number of imidazole rings is 1. The van der Waals surface area contributed by atoms with E-state index < -0.39 is 0 Å². The molecule has 5 heterocycles. The van der Waals surface area contributed by atoms with Gasteiger partial charge in [-0.2, -0.15) is 5.10 Å². The van der Waals surface area contributed by atoms with Crippen LogP contribution in [0.25, 0.3) is 16.6 Å². The SMILES string of the molecule is Cc1cccc(Cn2ncc3c(NC(=O)c4cnc5cc(OCCN6CCN(C)CC6)ccn45)ccc(Cl)c32)n1. The van der Waals surface area contributed by atoms with Crippen molar-refractivity contribution in [3.63, 3.8) is 0 Å². The number of pyridine rings is 2. The van der Waals surface area contributed by atoms with Crippen LogP contribution in [-0.4, -0.2) is 86.2 Å². The molecule has 4 aromatic heterocycles. The molecule has 40 heavy (non-hydrogen) atoms. The number of nitrogens with one attached hydrogen (secondary N) is 1. The van der Waals surface area contributed by atoms with E-state index in [-0.39, 0.29) is 5.91 Å². The molecule has 5 aromatic rings. The standard InChI is InChI=1S/C29H31ClN8O2/c1-20-4-3-5-21(33-20)19-38-28-23(17-32-38)25(7-6-24(28)30)34-29(39)26-18-31-27-16-22(8-9-37(26)27)40-15-14-36-12-10-35(2)11-13-36/h3-9,16-18H,10-15,19H2,1-2H3,(H,34,39). The van der Waals surface area contributed by atoms with Gasteiger partial charge in [-0.1, -0.05) is 17.7 Å². The number of halogens is 1. The van der Waals surface area contributed by atoms with Gasteiger partial charge in [0.1, 0.15) is 23.7 Å². The molecule has 0 aliphatic carbocycles. The first-order chi connectivity index (χ1) is 19.4. The third-order valence-electron chi connectivity index (χ3n) is 7.25. The molecule has 1 N–H and O–H groups in total. The van der Waals surface area contributed by atoms with Gasteiger partial charge < -0.3 is 15.0 Å². The highest BCUT2D eigenvalue weighted by molar-refractivity contribution is 6.35. The normalized spacial score (nSPS) is 14.7. The van der Waals surface area contributed by atoms with E-state index in [0.717, 1.165) is 60.8 Å². The van der Waals surface area contributed by atoms with Gasteiger partial charge in [0.25, 0.3) is 5.91 Å². The molecule has 0 spiro atoms. The minimum atomic E-state index is -0.284. The first-order valence-electron chi connectivity index (χ1n) is 13.3. The fraction of sp³-hybridized carbons (Fsp3) is 0.310. The summed E-state index contributed by atoms with van der Waals surface area (Å²) in [6.07, 6.45) is 5.10. The quantitative estimate of drug-likeness (QED) is 0.308. The summed E-state index contributed by atoms with van der Waals surface area (Å²) >= 11 is 6.56. The lowest BCUT2D eigenvalue weighted by Gasteiger charge is -2.32. The summed E-state index contributed by atoms with van der Waals surface area (Å²) in [6.45, 7) is 8.19. The van der Waals surface area contributed by atoms with Gasteiger partial charge in [0.2, 0.25) is 0 Å². The summed E-state index contributed by atoms with van der Waals surface area (Å²) in [4.78, 5) is 27.1. The van der Waals surface area contributed by atoms with Gasteiger partial charge in [0, 0.05) is 56.1 Å². The summed E-state index contributed by atoms with van der Waals surface area (Å²) in [7, 11) is 2.15. The van der Waals surface area contributed by atoms with Crippen molar-refractivity contribution in [2.45, 2.75) is 13.5 Å². The smallest absolute Gasteiger partial charge is 0.274 e. The molecule has 0 saturated carbocycles. The van der Waals surface area contributed by atoms with Crippen molar-refractivity contribution in [3.8, 4) is 5.75 Å². The van der Waals surface area contributed by atoms with E-state index >= 15 is 0 Å². The van der Waals surface area contributed by atoms with Crippen LogP contribution in [0.2, 0.25) is 5.02 Å². The second-order valence-corrected chi connectivity index (χ2v) is 10.5. The van der Waals surface area contributed by atoms with Crippen molar-refractivity contribution in [2.75, 3.05) is 51.7 Å². The number of rotatable bonds is 8. The number of carbonyl (C=O) groups excluding carboxylic acids is 1. The number of benzene rings is 1. The minimum Gasteiger partial charge on any atom is -0.492 e. The van der Waals surface area contributed by atoms with Crippen LogP contribution >= 0.6 is 11.6 Å². The monoisotopic (exact) mass is 558 g/mol. The van der Waals surface area contributed by atoms with Gasteiger partial charge in [-0.05, 0) is 44.3 Å². The highest BCUT2D eigenvalue weighted by Gasteiger charge is 2.18. The fourth-order valence-electron chi connectivity index (χ4n) is 5.00. The zero-order valence-electron chi connectivity index (χ0n) is 22.5. The van der Waals surface area contributed by atoms with Gasteiger partial charge in [0.15, 0.2) is 0 Å². The van der Waals surface area contributed by atoms with Crippen LogP contribution in [0.4, 0.5) is 5.69 Å². The van der Waals surface area contributed by atoms with Gasteiger partial charge in [0.05, 0.1) is 40.9 Å². The van der Waals surface area contributed by atoms with E-state index in [4.69, 9.17) is 16.3 Å². The van der Waals surface area contributed by atoms with Crippen LogP contribution in [0.15, 0.2) is 61.1 Å². The van der Waals surface area contributed by atoms with E-state index in [2.05, 4.69) is 37.2 Å². The van der Waals surface area contributed by atoms with E-state index in [1.807, 2.05) is 43.5 Å². The van der Waals surface area contributed by atoms with Crippen LogP contribution in [0.3, 0.4) is 0 Å². The summed E-state index contributed by atoms with van der Waals surface area (Å²) in [5.41, 5.74) is 4.22. The summed E-state index contributed by atoms with van der Waals surface area (Å²) in [5.74, 6) is 0.446. The molecule has 1 aliphatic heterocycles. The van der Waals surface area contributed by atoms with Crippen LogP contribution in [0.1, 0.15) is 21.9 Å². The number of likely N-dealkylation sites (N-methyl/N-ethyl adjacent to an activating group) is 1. The Bertz CT molecular complexity index is 1670. The second-order valence-electron chi connectivity index (χ2n) is 10.1. The molecule has 11 heteroatoms. The number of nitrogens with zero attached hydrogens (tertiary/aromatic N) is 7. The Labute approximate surface area is 237 Å². The molecule has 6 rings (SSSR count). The minimum absolute atomic E-state index is 0.284. The van der Waals surface area contributed by atoms with E-state index in [9.17, 15) is 4.79 Å². The number of aromatic nitrogens is 5. The number of carbonyl (C=O) groups is 1. The predicted octanol–water partition coefficient (Wildman–Crippen LogP) is 3.97. The maximum absolute atomic E-state index is 13.3. The number of amides is 1. The molecule has 1 amide bonds. The highest BCUT2D eigenvalue weighted by Crippen LogP contribution is 2.31. The number of aryl methyl sites for hydroxylation is 1. The lowest BCUT2D eigenvalue weighted by molar-refractivity contribution is 0.102. The Morgan fingerprint density at radius 2 is 1.95 bits per heavy atom. The summed E-state index contributed by atoms with van der Waals surface area (Å²) in [5, 5.41) is 8.84. The topological polar surface area (TPSA) is 92.8 Å². The van der Waals surface area contributed by atoms with Crippen molar-refractivity contribution in [3.05, 3.63) is 83.2 Å². The molecule has 206 valence electrons. The second kappa shape index (κ2) is 11.2. The van der Waals surface area contributed by atoms with Crippen LogP contribution in [0.5, 0.6) is 5.75 Å². The molecule has 1 aliphatic rings. The van der Waals surface area contributed by atoms with Crippen LogP contribution in [0, 0.1) is 6.92 Å². The Morgan fingerprint density at radius 1 is 1.10 bits per heavy atom. The molecule has 1 fully saturated rings. The van der Waals surface area contributed by atoms with E-state index in [0.29, 0.717) is 35.2 Å². The Hall–Kier alpha value is -3.99. The van der Waals surface area contributed by atoms with E-state index in [1.165, 1.54) is 0 Å². The number of piperazine rings is 1. The Kier molecular flexibility index (Phi) is 7.38. The first kappa shape index (κ1) is 26.2. The lowest BCUT2D eigenvalue weighted by Crippen LogP contribution is -2.45. The fourth-order valence-corrected chi connectivity index (χ4v) is 5.26. The number of ether oxygens (including phenoxy) is 1. The summed E-state index contributed by atoms with van der Waals surface area (Å²) in [6, 6.07) is 13.1. The average Bonchev–Trinajstić information content (AvgIpc) is 3.56. The zero-order chi connectivity index (χ0) is 27.6. The average molecular weight is 559 g/mol. The lowest BCUT2D eigenvalue weighted by atomic mass is 10.2. The molecule has 1 saturated heterocycles. The van der Waals surface area contributed by atoms with Crippen molar-refractivity contribution >= 4 is 39.7 Å². The van der Waals surface area contributed by atoms with Crippen molar-refractivity contribution in [1.82, 2.24) is 33.9 Å². The van der Waals surface area contributed by atoms with Gasteiger partial charge >= 0.3 is 0 Å². The number of anilines is 1. The van der Waals surface area contributed by atoms with Crippen molar-refractivity contribution in [2.24, 2.45) is 0 Å². The molecule has 0 atom stereocenters. The maximum Gasteiger partial charge on any atom is 0.274 e. The number of hydrogen-bond acceptors (Lipinski definition) is 7. The molecule has 0 unspecified atom stereocenters. The molecule has 1 aromatic carbocycles. The Morgan fingerprint density at radius 3 is 2.77 bits per heavy atom. The first-order valence-corrected chi connectivity index (χ1v) is 13.7. The van der Waals surface area contributed by atoms with Crippen LogP contribution < -0.4 is 10.1 Å². The predicted molar refractivity (Wildman–Crippen MR) is 155 cm³/mol. The Balaban J connectivity index is 1.15. The summed E-state index contributed by atoms with van der Waals surface area (Å²) < 4.78 is 9.54. The third kappa shape index (κ3) is 5.51. The van der Waals surface area contributed by atoms with Crippen molar-refractivity contribution < 1.29 is 9.53 Å². The maximum atomic E-state index is 13.3. The third-order valence-corrected chi connectivity index (χ3v) is 7.55. The van der Waals surface area contributed by atoms with Gasteiger partial charge in [-0.15, -0.1) is 0 Å². The van der Waals surface area contributed by atoms with E-state index in [1.54, 1.807) is 33.6 Å². The molecule has 0 bridgehead atoms. The van der Waals surface area contributed by atoms with Crippen LogP contribution in [-0.2, 0) is 6.54 Å². The van der Waals surface area contributed by atoms with Gasteiger partial charge in [-0.25, -0.2) is 4.98 Å². The number of fused-ring (bicyclic) bond motifs is 2. The largest absolute Gasteiger partial charge is 0.492 e. The zero-order valence-corrected chi connectivity index (χ0v) is 23.3. The van der Waals surface area contributed by atoms with Gasteiger partial charge in [-0.3, -0.25) is 23.8 Å². The highest BCUT2D eigenvalue weighted by atomic mass is 35.5. The molecule has 0 radical (unpaired) electrons.